The summed E-state index contributed by atoms with van der Waals surface area (Å²) in [7, 11) is -3.86. The molecule has 4 rings (SSSR count). The van der Waals surface area contributed by atoms with Gasteiger partial charge in [-0.05, 0) is 50.1 Å². The van der Waals surface area contributed by atoms with Gasteiger partial charge < -0.3 is 10.1 Å². The molecule has 1 aromatic heterocycles. The number of piperidine rings is 1. The van der Waals surface area contributed by atoms with Gasteiger partial charge in [0.15, 0.2) is 0 Å². The van der Waals surface area contributed by atoms with E-state index >= 15 is 0 Å². The van der Waals surface area contributed by atoms with Gasteiger partial charge in [0.25, 0.3) is 5.91 Å². The first-order valence-corrected chi connectivity index (χ1v) is 14.7. The molecule has 2 aromatic carbocycles. The molecule has 0 spiro atoms. The second kappa shape index (κ2) is 13.2. The number of rotatable bonds is 10. The third-order valence-electron chi connectivity index (χ3n) is 6.65. The highest BCUT2D eigenvalue weighted by Crippen LogP contribution is 2.30. The number of nitrogens with one attached hydrogen (secondary N) is 1. The Hall–Kier alpha value is -4.53. The summed E-state index contributed by atoms with van der Waals surface area (Å²) in [4.78, 5) is 24.7. The predicted molar refractivity (Wildman–Crippen MR) is 154 cm³/mol. The van der Waals surface area contributed by atoms with Crippen LogP contribution in [0.1, 0.15) is 25.3 Å². The molecule has 41 heavy (non-hydrogen) atoms. The molecule has 1 amide bonds. The molecule has 1 fully saturated rings. The molecular formula is C30H31N5O5S. The van der Waals surface area contributed by atoms with Crippen LogP contribution in [0, 0.1) is 17.2 Å². The normalized spacial score (nSPS) is 14.7. The molecule has 0 aliphatic carbocycles. The zero-order chi connectivity index (χ0) is 29.4. The largest absolute Gasteiger partial charge is 0.466 e. The molecule has 11 heteroatoms. The van der Waals surface area contributed by atoms with Crippen molar-refractivity contribution < 1.29 is 22.7 Å². The zero-order valence-electron chi connectivity index (χ0n) is 22.7. The number of nitriles is 1. The van der Waals surface area contributed by atoms with Gasteiger partial charge in [0.1, 0.15) is 17.3 Å². The Morgan fingerprint density at radius 2 is 1.90 bits per heavy atom. The Kier molecular flexibility index (Phi) is 9.49. The number of amides is 1. The molecule has 10 nitrogen and oxygen atoms in total. The molecule has 1 aliphatic heterocycles. The number of benzene rings is 2. The molecule has 0 saturated carbocycles. The third-order valence-corrected chi connectivity index (χ3v) is 8.55. The van der Waals surface area contributed by atoms with E-state index in [1.165, 1.54) is 28.6 Å². The minimum atomic E-state index is -3.86. The lowest BCUT2D eigenvalue weighted by molar-refractivity contribution is -0.149. The summed E-state index contributed by atoms with van der Waals surface area (Å²) < 4.78 is 35.2. The monoisotopic (exact) mass is 573 g/mol. The Morgan fingerprint density at radius 1 is 1.17 bits per heavy atom. The Bertz CT molecular complexity index is 1600. The molecule has 3 aromatic rings. The molecule has 0 radical (unpaired) electrons. The first-order chi connectivity index (χ1) is 19.8. The van der Waals surface area contributed by atoms with Crippen LogP contribution in [0.5, 0.6) is 0 Å². The summed E-state index contributed by atoms with van der Waals surface area (Å²) in [5.41, 5.74) is 1.97. The Balaban J connectivity index is 1.70. The second-order valence-electron chi connectivity index (χ2n) is 9.34. The Morgan fingerprint density at radius 3 is 2.56 bits per heavy atom. The number of carbonyl (C=O) groups excluding carboxylic acids is 2. The van der Waals surface area contributed by atoms with E-state index in [2.05, 4.69) is 11.9 Å². The number of aromatic nitrogens is 2. The molecule has 212 valence electrons. The van der Waals surface area contributed by atoms with Crippen LogP contribution >= 0.6 is 0 Å². The smallest absolute Gasteiger partial charge is 0.309 e. The van der Waals surface area contributed by atoms with Crippen molar-refractivity contribution >= 4 is 28.0 Å². The maximum absolute atomic E-state index is 13.6. The van der Waals surface area contributed by atoms with Crippen LogP contribution < -0.4 is 5.32 Å². The third kappa shape index (κ3) is 6.80. The van der Waals surface area contributed by atoms with E-state index in [-0.39, 0.29) is 48.6 Å². The second-order valence-corrected chi connectivity index (χ2v) is 11.3. The van der Waals surface area contributed by atoms with Crippen LogP contribution in [0.2, 0.25) is 0 Å². The van der Waals surface area contributed by atoms with Crippen molar-refractivity contribution in [2.24, 2.45) is 5.92 Å². The number of ether oxygens (including phenoxy) is 1. The summed E-state index contributed by atoms with van der Waals surface area (Å²) in [6.07, 6.45) is 5.40. The minimum Gasteiger partial charge on any atom is -0.466 e. The number of para-hydroxylation sites is 1. The lowest BCUT2D eigenvalue weighted by Gasteiger charge is -2.30. The van der Waals surface area contributed by atoms with E-state index in [0.717, 1.165) is 5.69 Å². The quantitative estimate of drug-likeness (QED) is 0.169. The van der Waals surface area contributed by atoms with E-state index in [1.54, 1.807) is 29.9 Å². The van der Waals surface area contributed by atoms with Crippen molar-refractivity contribution in [1.29, 1.82) is 5.26 Å². The topological polar surface area (TPSA) is 134 Å². The summed E-state index contributed by atoms with van der Waals surface area (Å²) in [5, 5.41) is 17.0. The van der Waals surface area contributed by atoms with Gasteiger partial charge in [-0.1, -0.05) is 36.4 Å². The van der Waals surface area contributed by atoms with Crippen molar-refractivity contribution in [1.82, 2.24) is 19.4 Å². The fourth-order valence-corrected chi connectivity index (χ4v) is 6.06. The van der Waals surface area contributed by atoms with Crippen molar-refractivity contribution in [3.05, 3.63) is 84.6 Å². The van der Waals surface area contributed by atoms with E-state index in [9.17, 15) is 23.3 Å². The number of nitrogens with zero attached hydrogens (tertiary/aromatic N) is 4. The van der Waals surface area contributed by atoms with Gasteiger partial charge in [-0.2, -0.15) is 14.7 Å². The standard InChI is InChI=1S/C30H31N5O5S/c1-3-15-32-29(36)24(20-31)18-25-21-35(26-10-6-5-7-11-26)33-28(25)23-9-8-12-27(19-23)41(38,39)34-16-13-22(14-17-34)30(37)40-4-2/h3,5-12,18-19,21-22H,1,4,13-17H2,2H3,(H,32,36). The van der Waals surface area contributed by atoms with E-state index in [0.29, 0.717) is 29.7 Å². The number of hydrogen-bond acceptors (Lipinski definition) is 7. The number of carbonyl (C=O) groups is 2. The van der Waals surface area contributed by atoms with Gasteiger partial charge in [-0.3, -0.25) is 9.59 Å². The fourth-order valence-electron chi connectivity index (χ4n) is 4.54. The average Bonchev–Trinajstić information content (AvgIpc) is 3.43. The Labute approximate surface area is 239 Å². The van der Waals surface area contributed by atoms with Crippen molar-refractivity contribution in [2.75, 3.05) is 26.2 Å². The molecule has 0 atom stereocenters. The first-order valence-electron chi connectivity index (χ1n) is 13.2. The summed E-state index contributed by atoms with van der Waals surface area (Å²) in [6, 6.07) is 17.6. The molecule has 0 bridgehead atoms. The van der Waals surface area contributed by atoms with Crippen LogP contribution in [0.15, 0.2) is 83.9 Å². The molecular weight excluding hydrogens is 542 g/mol. The van der Waals surface area contributed by atoms with Crippen LogP contribution in [0.25, 0.3) is 23.0 Å². The molecule has 2 heterocycles. The maximum atomic E-state index is 13.6. The summed E-state index contributed by atoms with van der Waals surface area (Å²) >= 11 is 0. The lowest BCUT2D eigenvalue weighted by atomic mass is 9.98. The minimum absolute atomic E-state index is 0.0815. The molecule has 0 unspecified atom stereocenters. The highest BCUT2D eigenvalue weighted by Gasteiger charge is 2.33. The maximum Gasteiger partial charge on any atom is 0.309 e. The van der Waals surface area contributed by atoms with E-state index < -0.39 is 15.9 Å². The van der Waals surface area contributed by atoms with Crippen LogP contribution in [-0.2, 0) is 24.3 Å². The number of sulfonamides is 1. The molecule has 1 saturated heterocycles. The fraction of sp³-hybridized carbons (Fsp3) is 0.267. The van der Waals surface area contributed by atoms with Crippen LogP contribution in [0.3, 0.4) is 0 Å². The van der Waals surface area contributed by atoms with Gasteiger partial charge in [0, 0.05) is 37.0 Å². The summed E-state index contributed by atoms with van der Waals surface area (Å²) in [5.74, 6) is -1.17. The number of hydrogen-bond donors (Lipinski definition) is 1. The molecule has 1 N–H and O–H groups in total. The van der Waals surface area contributed by atoms with Crippen LogP contribution in [0.4, 0.5) is 0 Å². The van der Waals surface area contributed by atoms with Crippen molar-refractivity contribution in [2.45, 2.75) is 24.7 Å². The zero-order valence-corrected chi connectivity index (χ0v) is 23.5. The van der Waals surface area contributed by atoms with Crippen LogP contribution in [-0.4, -0.2) is 60.6 Å². The lowest BCUT2D eigenvalue weighted by Crippen LogP contribution is -2.40. The van der Waals surface area contributed by atoms with Gasteiger partial charge in [-0.25, -0.2) is 13.1 Å². The predicted octanol–water partition coefficient (Wildman–Crippen LogP) is 3.71. The van der Waals surface area contributed by atoms with Gasteiger partial charge in [0.2, 0.25) is 10.0 Å². The highest BCUT2D eigenvalue weighted by molar-refractivity contribution is 7.89. The highest BCUT2D eigenvalue weighted by atomic mass is 32.2. The van der Waals surface area contributed by atoms with E-state index in [4.69, 9.17) is 9.84 Å². The number of esters is 1. The van der Waals surface area contributed by atoms with Crippen molar-refractivity contribution in [3.63, 3.8) is 0 Å². The van der Waals surface area contributed by atoms with E-state index in [1.807, 2.05) is 36.4 Å². The average molecular weight is 574 g/mol. The SMILES string of the molecule is C=CCNC(=O)C(C#N)=Cc1cn(-c2ccccc2)nc1-c1cccc(S(=O)(=O)N2CCC(C(=O)OCC)CC2)c1. The van der Waals surface area contributed by atoms with Crippen molar-refractivity contribution in [3.8, 4) is 23.0 Å². The van der Waals surface area contributed by atoms with Gasteiger partial charge in [-0.15, -0.1) is 6.58 Å². The first kappa shape index (κ1) is 29.5. The summed E-state index contributed by atoms with van der Waals surface area (Å²) in [6.45, 7) is 6.21. The molecule has 1 aliphatic rings. The van der Waals surface area contributed by atoms with Gasteiger partial charge in [0.05, 0.1) is 23.1 Å². The van der Waals surface area contributed by atoms with Gasteiger partial charge >= 0.3 is 5.97 Å².